The molecule has 7 rings (SSSR count). The molecule has 4 heterocycles. The predicted octanol–water partition coefficient (Wildman–Crippen LogP) is 5.93. The Hall–Kier alpha value is -4.47. The lowest BCUT2D eigenvalue weighted by Crippen LogP contribution is -2.49. The lowest BCUT2D eigenvalue weighted by molar-refractivity contribution is -0.00961. The normalized spacial score (nSPS) is 19.0. The van der Waals surface area contributed by atoms with Crippen molar-refractivity contribution < 1.29 is 4.74 Å². The maximum Gasteiger partial charge on any atom is 0.182 e. The fourth-order valence-electron chi connectivity index (χ4n) is 6.67. The molecule has 9 heteroatoms. The largest absolute Gasteiger partial charge is 0.474 e. The standard InChI is InChI=1S/C37H44N8O/c1-25(46-37(2,3)4)44-20-18-43(19-21-44)16-14-39-30-22-29(23-30)36-42-33(34-35(38)40-15-17-45(34)36)28-11-10-27-12-13-31(41-32(27)24-28)26-8-6-5-7-9-26/h5-13,15,17,24,29-30,39H,1,14,16,18-23H2,2-4H3,(H2,38,40). The number of nitrogens with one attached hydrogen (secondary N) is 1. The lowest BCUT2D eigenvalue weighted by Gasteiger charge is -2.39. The Morgan fingerprint density at radius 1 is 0.978 bits per heavy atom. The third kappa shape index (κ3) is 6.30. The SMILES string of the molecule is C=C(OC(C)(C)C)N1CCN(CCNC2CC(c3nc(-c4ccc5ccc(-c6ccccc6)nc5c4)c4c(N)nccn34)C2)CC1. The van der Waals surface area contributed by atoms with Crippen molar-refractivity contribution in [3.63, 3.8) is 0 Å². The van der Waals surface area contributed by atoms with Gasteiger partial charge in [-0.3, -0.25) is 9.30 Å². The zero-order valence-corrected chi connectivity index (χ0v) is 27.1. The summed E-state index contributed by atoms with van der Waals surface area (Å²) in [7, 11) is 0. The molecule has 2 aromatic carbocycles. The molecular weight excluding hydrogens is 572 g/mol. The van der Waals surface area contributed by atoms with Gasteiger partial charge in [0.1, 0.15) is 28.5 Å². The maximum atomic E-state index is 6.48. The topological polar surface area (TPSA) is 96.8 Å². The van der Waals surface area contributed by atoms with E-state index in [0.29, 0.717) is 17.8 Å². The van der Waals surface area contributed by atoms with Crippen molar-refractivity contribution in [2.75, 3.05) is 45.0 Å². The molecule has 1 aliphatic carbocycles. The predicted molar refractivity (Wildman–Crippen MR) is 185 cm³/mol. The number of aromatic nitrogens is 4. The third-order valence-electron chi connectivity index (χ3n) is 9.16. The van der Waals surface area contributed by atoms with Crippen LogP contribution >= 0.6 is 0 Å². The van der Waals surface area contributed by atoms with Crippen LogP contribution in [0, 0.1) is 0 Å². The summed E-state index contributed by atoms with van der Waals surface area (Å²) in [4.78, 5) is 19.4. The van der Waals surface area contributed by atoms with E-state index < -0.39 is 0 Å². The first kappa shape index (κ1) is 30.2. The number of nitrogen functional groups attached to an aromatic ring is 1. The fraction of sp³-hybridized carbons (Fsp3) is 0.378. The number of piperazine rings is 1. The molecule has 2 fully saturated rings. The molecule has 9 nitrogen and oxygen atoms in total. The Morgan fingerprint density at radius 2 is 1.74 bits per heavy atom. The van der Waals surface area contributed by atoms with Crippen LogP contribution in [0.4, 0.5) is 5.82 Å². The van der Waals surface area contributed by atoms with Gasteiger partial charge in [0.15, 0.2) is 5.88 Å². The van der Waals surface area contributed by atoms with Gasteiger partial charge >= 0.3 is 0 Å². The zero-order chi connectivity index (χ0) is 31.8. The Labute approximate surface area is 271 Å². The molecule has 0 bridgehead atoms. The summed E-state index contributed by atoms with van der Waals surface area (Å²) in [5, 5.41) is 4.88. The minimum atomic E-state index is -0.215. The van der Waals surface area contributed by atoms with E-state index in [1.807, 2.05) is 24.4 Å². The van der Waals surface area contributed by atoms with Crippen molar-refractivity contribution in [3.8, 4) is 22.5 Å². The van der Waals surface area contributed by atoms with Crippen molar-refractivity contribution in [2.45, 2.75) is 51.2 Å². The molecule has 3 aromatic heterocycles. The average Bonchev–Trinajstić information content (AvgIpc) is 3.42. The van der Waals surface area contributed by atoms with Gasteiger partial charge in [0, 0.05) is 80.1 Å². The first-order chi connectivity index (χ1) is 22.2. The highest BCUT2D eigenvalue weighted by Crippen LogP contribution is 2.40. The van der Waals surface area contributed by atoms with Crippen molar-refractivity contribution in [1.29, 1.82) is 0 Å². The summed E-state index contributed by atoms with van der Waals surface area (Å²) in [6.07, 6.45) is 5.87. The summed E-state index contributed by atoms with van der Waals surface area (Å²) in [6.45, 7) is 16.3. The molecule has 2 aliphatic rings. The minimum Gasteiger partial charge on any atom is -0.474 e. The number of nitrogens with zero attached hydrogens (tertiary/aromatic N) is 6. The number of hydrogen-bond acceptors (Lipinski definition) is 8. The van der Waals surface area contributed by atoms with Crippen LogP contribution < -0.4 is 11.1 Å². The fourth-order valence-corrected chi connectivity index (χ4v) is 6.67. The van der Waals surface area contributed by atoms with E-state index in [0.717, 1.165) is 103 Å². The molecule has 1 saturated heterocycles. The quantitative estimate of drug-likeness (QED) is 0.197. The van der Waals surface area contributed by atoms with Gasteiger partial charge in [0.05, 0.1) is 11.2 Å². The van der Waals surface area contributed by atoms with Gasteiger partial charge in [-0.05, 0) is 52.3 Å². The van der Waals surface area contributed by atoms with Gasteiger partial charge in [-0.2, -0.15) is 0 Å². The molecule has 0 amide bonds. The van der Waals surface area contributed by atoms with Crippen LogP contribution in [0.25, 0.3) is 38.9 Å². The molecule has 46 heavy (non-hydrogen) atoms. The molecule has 0 spiro atoms. The molecule has 0 atom stereocenters. The van der Waals surface area contributed by atoms with Crippen LogP contribution in [0.3, 0.4) is 0 Å². The maximum absolute atomic E-state index is 6.48. The van der Waals surface area contributed by atoms with E-state index in [4.69, 9.17) is 20.4 Å². The van der Waals surface area contributed by atoms with Crippen LogP contribution in [0.15, 0.2) is 85.5 Å². The number of fused-ring (bicyclic) bond motifs is 2. The van der Waals surface area contributed by atoms with Gasteiger partial charge in [-0.1, -0.05) is 48.5 Å². The van der Waals surface area contributed by atoms with Crippen LogP contribution in [0.2, 0.25) is 0 Å². The highest BCUT2D eigenvalue weighted by atomic mass is 16.5. The Bertz CT molecular complexity index is 1850. The summed E-state index contributed by atoms with van der Waals surface area (Å²) in [6, 6.07) is 21.3. The smallest absolute Gasteiger partial charge is 0.182 e. The minimum absolute atomic E-state index is 0.215. The van der Waals surface area contributed by atoms with Crippen molar-refractivity contribution >= 4 is 22.2 Å². The van der Waals surface area contributed by atoms with Crippen molar-refractivity contribution in [3.05, 3.63) is 91.3 Å². The number of benzene rings is 2. The van der Waals surface area contributed by atoms with Crippen LogP contribution in [0.1, 0.15) is 45.4 Å². The van der Waals surface area contributed by atoms with E-state index in [-0.39, 0.29) is 5.60 Å². The number of nitrogens with two attached hydrogens (primary N) is 1. The number of ether oxygens (including phenoxy) is 1. The first-order valence-corrected chi connectivity index (χ1v) is 16.4. The summed E-state index contributed by atoms with van der Waals surface area (Å²) < 4.78 is 8.12. The molecule has 1 saturated carbocycles. The molecule has 1 aliphatic heterocycles. The molecule has 3 N–H and O–H groups in total. The Balaban J connectivity index is 0.999. The highest BCUT2D eigenvalue weighted by molar-refractivity contribution is 5.91. The Morgan fingerprint density at radius 3 is 2.50 bits per heavy atom. The number of pyridine rings is 1. The van der Waals surface area contributed by atoms with Gasteiger partial charge in [-0.25, -0.2) is 15.0 Å². The van der Waals surface area contributed by atoms with Crippen LogP contribution in [-0.2, 0) is 4.74 Å². The van der Waals surface area contributed by atoms with Gasteiger partial charge in [0.25, 0.3) is 0 Å². The zero-order valence-electron chi connectivity index (χ0n) is 27.1. The van der Waals surface area contributed by atoms with Gasteiger partial charge in [-0.15, -0.1) is 0 Å². The van der Waals surface area contributed by atoms with Crippen LogP contribution in [0.5, 0.6) is 0 Å². The van der Waals surface area contributed by atoms with Gasteiger partial charge < -0.3 is 20.7 Å². The second-order valence-electron chi connectivity index (χ2n) is 13.6. The highest BCUT2D eigenvalue weighted by Gasteiger charge is 2.34. The van der Waals surface area contributed by atoms with E-state index in [9.17, 15) is 0 Å². The number of imidazole rings is 1. The molecule has 0 unspecified atom stereocenters. The summed E-state index contributed by atoms with van der Waals surface area (Å²) in [5.41, 5.74) is 12.0. The molecule has 5 aromatic rings. The molecule has 238 valence electrons. The second kappa shape index (κ2) is 12.4. The van der Waals surface area contributed by atoms with Gasteiger partial charge in [0.2, 0.25) is 0 Å². The van der Waals surface area contributed by atoms with Crippen LogP contribution in [-0.4, -0.2) is 80.1 Å². The third-order valence-corrected chi connectivity index (χ3v) is 9.16. The van der Waals surface area contributed by atoms with E-state index in [2.05, 4.69) is 94.3 Å². The lowest BCUT2D eigenvalue weighted by atomic mass is 9.79. The van der Waals surface area contributed by atoms with E-state index in [1.54, 1.807) is 6.20 Å². The number of hydrogen-bond donors (Lipinski definition) is 2. The van der Waals surface area contributed by atoms with E-state index >= 15 is 0 Å². The summed E-state index contributed by atoms with van der Waals surface area (Å²) in [5.74, 6) is 2.69. The first-order valence-electron chi connectivity index (χ1n) is 16.4. The Kier molecular flexibility index (Phi) is 8.13. The van der Waals surface area contributed by atoms with Crippen molar-refractivity contribution in [2.24, 2.45) is 0 Å². The average molecular weight is 617 g/mol. The van der Waals surface area contributed by atoms with Crippen molar-refractivity contribution in [1.82, 2.24) is 34.5 Å². The number of anilines is 1. The molecular formula is C37H44N8O. The second-order valence-corrected chi connectivity index (χ2v) is 13.6. The summed E-state index contributed by atoms with van der Waals surface area (Å²) >= 11 is 0. The van der Waals surface area contributed by atoms with E-state index in [1.165, 1.54) is 0 Å². The molecule has 0 radical (unpaired) electrons. The monoisotopic (exact) mass is 616 g/mol. The number of rotatable bonds is 9.